The molecule has 1 aromatic carbocycles. The SMILES string of the molecule is CN=C(NCCc1cccc(Cl)c1)NCCc1c(C)noc1C. The highest BCUT2D eigenvalue weighted by atomic mass is 35.5. The number of rotatable bonds is 6. The van der Waals surface area contributed by atoms with Gasteiger partial charge in [-0.25, -0.2) is 0 Å². The van der Waals surface area contributed by atoms with Crippen molar-refractivity contribution in [1.82, 2.24) is 15.8 Å². The summed E-state index contributed by atoms with van der Waals surface area (Å²) >= 11 is 5.99. The predicted molar refractivity (Wildman–Crippen MR) is 94.2 cm³/mol. The lowest BCUT2D eigenvalue weighted by Crippen LogP contribution is -2.39. The van der Waals surface area contributed by atoms with Crippen molar-refractivity contribution in [3.63, 3.8) is 0 Å². The maximum Gasteiger partial charge on any atom is 0.190 e. The van der Waals surface area contributed by atoms with Crippen LogP contribution in [0.1, 0.15) is 22.6 Å². The number of halogens is 1. The standard InChI is InChI=1S/C17H23ClN4O/c1-12-16(13(2)23-22-12)8-10-21-17(19-3)20-9-7-14-5-4-6-15(18)11-14/h4-6,11H,7-10H2,1-3H3,(H2,19,20,21). The van der Waals surface area contributed by atoms with Gasteiger partial charge in [-0.15, -0.1) is 0 Å². The number of hydrogen-bond donors (Lipinski definition) is 2. The molecule has 2 aromatic rings. The van der Waals surface area contributed by atoms with Crippen LogP contribution in [-0.4, -0.2) is 31.3 Å². The lowest BCUT2D eigenvalue weighted by atomic mass is 10.1. The van der Waals surface area contributed by atoms with E-state index in [4.69, 9.17) is 16.1 Å². The molecule has 0 radical (unpaired) electrons. The van der Waals surface area contributed by atoms with Crippen LogP contribution in [0.4, 0.5) is 0 Å². The predicted octanol–water partition coefficient (Wildman–Crippen LogP) is 2.90. The molecule has 0 atom stereocenters. The molecule has 5 nitrogen and oxygen atoms in total. The third-order valence-corrected chi connectivity index (χ3v) is 3.90. The van der Waals surface area contributed by atoms with Gasteiger partial charge in [-0.05, 0) is 44.4 Å². The summed E-state index contributed by atoms with van der Waals surface area (Å²) in [5.41, 5.74) is 3.32. The van der Waals surface area contributed by atoms with Gasteiger partial charge < -0.3 is 15.2 Å². The van der Waals surface area contributed by atoms with Gasteiger partial charge >= 0.3 is 0 Å². The molecule has 1 aromatic heterocycles. The Morgan fingerprint density at radius 2 is 1.96 bits per heavy atom. The van der Waals surface area contributed by atoms with Gasteiger partial charge in [-0.3, -0.25) is 4.99 Å². The molecule has 0 amide bonds. The Morgan fingerprint density at radius 3 is 2.57 bits per heavy atom. The third-order valence-electron chi connectivity index (χ3n) is 3.67. The summed E-state index contributed by atoms with van der Waals surface area (Å²) < 4.78 is 5.17. The van der Waals surface area contributed by atoms with E-state index in [1.165, 1.54) is 5.56 Å². The van der Waals surface area contributed by atoms with Crippen molar-refractivity contribution in [3.8, 4) is 0 Å². The molecule has 1 heterocycles. The van der Waals surface area contributed by atoms with Gasteiger partial charge in [0, 0.05) is 30.7 Å². The van der Waals surface area contributed by atoms with Crippen molar-refractivity contribution in [2.75, 3.05) is 20.1 Å². The molecule has 0 aliphatic rings. The number of nitrogens with one attached hydrogen (secondary N) is 2. The summed E-state index contributed by atoms with van der Waals surface area (Å²) in [6.07, 6.45) is 1.75. The first kappa shape index (κ1) is 17.3. The molecule has 23 heavy (non-hydrogen) atoms. The molecule has 2 N–H and O–H groups in total. The van der Waals surface area contributed by atoms with Crippen molar-refractivity contribution < 1.29 is 4.52 Å². The first-order chi connectivity index (χ1) is 11.1. The maximum atomic E-state index is 5.99. The van der Waals surface area contributed by atoms with E-state index in [1.807, 2.05) is 32.0 Å². The lowest BCUT2D eigenvalue weighted by molar-refractivity contribution is 0.392. The van der Waals surface area contributed by atoms with Crippen molar-refractivity contribution in [1.29, 1.82) is 0 Å². The molecule has 2 rings (SSSR count). The number of aryl methyl sites for hydroxylation is 2. The Bertz CT molecular complexity index is 647. The van der Waals surface area contributed by atoms with Gasteiger partial charge in [0.1, 0.15) is 5.76 Å². The quantitative estimate of drug-likeness (QED) is 0.630. The largest absolute Gasteiger partial charge is 0.361 e. The Balaban J connectivity index is 1.73. The lowest BCUT2D eigenvalue weighted by Gasteiger charge is -2.12. The highest BCUT2D eigenvalue weighted by Gasteiger charge is 2.08. The Kier molecular flexibility index (Phi) is 6.47. The van der Waals surface area contributed by atoms with Crippen molar-refractivity contribution in [2.24, 2.45) is 4.99 Å². The van der Waals surface area contributed by atoms with E-state index >= 15 is 0 Å². The zero-order valence-electron chi connectivity index (χ0n) is 13.8. The van der Waals surface area contributed by atoms with Crippen molar-refractivity contribution in [2.45, 2.75) is 26.7 Å². The molecule has 0 bridgehead atoms. The second-order valence-electron chi connectivity index (χ2n) is 5.36. The second kappa shape index (κ2) is 8.58. The summed E-state index contributed by atoms with van der Waals surface area (Å²) in [5.74, 6) is 1.67. The van der Waals surface area contributed by atoms with E-state index in [-0.39, 0.29) is 0 Å². The van der Waals surface area contributed by atoms with Crippen LogP contribution >= 0.6 is 11.6 Å². The fourth-order valence-corrected chi connectivity index (χ4v) is 2.62. The third kappa shape index (κ3) is 5.28. The summed E-state index contributed by atoms with van der Waals surface area (Å²) in [4.78, 5) is 4.23. The summed E-state index contributed by atoms with van der Waals surface area (Å²) in [6, 6.07) is 7.90. The smallest absolute Gasteiger partial charge is 0.190 e. The highest BCUT2D eigenvalue weighted by molar-refractivity contribution is 6.30. The van der Waals surface area contributed by atoms with Crippen LogP contribution in [0.25, 0.3) is 0 Å². The number of aliphatic imine (C=N–C) groups is 1. The van der Waals surface area contributed by atoms with Crippen LogP contribution in [-0.2, 0) is 12.8 Å². The van der Waals surface area contributed by atoms with E-state index in [0.29, 0.717) is 0 Å². The molecule has 6 heteroatoms. The normalized spacial score (nSPS) is 11.6. The van der Waals surface area contributed by atoms with Crippen LogP contribution in [0.15, 0.2) is 33.8 Å². The van der Waals surface area contributed by atoms with Gasteiger partial charge in [0.15, 0.2) is 5.96 Å². The molecule has 0 unspecified atom stereocenters. The molecular weight excluding hydrogens is 312 g/mol. The average molecular weight is 335 g/mol. The second-order valence-corrected chi connectivity index (χ2v) is 5.79. The monoisotopic (exact) mass is 334 g/mol. The van der Waals surface area contributed by atoms with E-state index in [9.17, 15) is 0 Å². The average Bonchev–Trinajstić information content (AvgIpc) is 2.85. The van der Waals surface area contributed by atoms with Crippen LogP contribution in [0.2, 0.25) is 5.02 Å². The van der Waals surface area contributed by atoms with E-state index in [0.717, 1.165) is 53.9 Å². The number of aromatic nitrogens is 1. The summed E-state index contributed by atoms with van der Waals surface area (Å²) in [6.45, 7) is 5.47. The first-order valence-electron chi connectivity index (χ1n) is 7.71. The van der Waals surface area contributed by atoms with Crippen LogP contribution < -0.4 is 10.6 Å². The van der Waals surface area contributed by atoms with E-state index in [2.05, 4.69) is 26.8 Å². The molecule has 0 aliphatic heterocycles. The van der Waals surface area contributed by atoms with Gasteiger partial charge in [0.2, 0.25) is 0 Å². The molecule has 0 fully saturated rings. The number of guanidine groups is 1. The number of nitrogens with zero attached hydrogens (tertiary/aromatic N) is 2. The molecule has 0 aliphatic carbocycles. The zero-order chi connectivity index (χ0) is 16.7. The molecular formula is C17H23ClN4O. The van der Waals surface area contributed by atoms with E-state index in [1.54, 1.807) is 7.05 Å². The molecule has 124 valence electrons. The zero-order valence-corrected chi connectivity index (χ0v) is 14.6. The van der Waals surface area contributed by atoms with Gasteiger partial charge in [-0.1, -0.05) is 28.9 Å². The van der Waals surface area contributed by atoms with E-state index < -0.39 is 0 Å². The summed E-state index contributed by atoms with van der Waals surface area (Å²) in [7, 11) is 1.77. The molecule has 0 saturated carbocycles. The van der Waals surface area contributed by atoms with Crippen molar-refractivity contribution >= 4 is 17.6 Å². The minimum absolute atomic E-state index is 0.768. The van der Waals surface area contributed by atoms with Crippen LogP contribution in [0, 0.1) is 13.8 Å². The molecule has 0 spiro atoms. The Hall–Kier alpha value is -2.01. The van der Waals surface area contributed by atoms with Gasteiger partial charge in [0.05, 0.1) is 5.69 Å². The fraction of sp³-hybridized carbons (Fsp3) is 0.412. The number of benzene rings is 1. The Labute approximate surface area is 142 Å². The highest BCUT2D eigenvalue weighted by Crippen LogP contribution is 2.12. The van der Waals surface area contributed by atoms with Crippen molar-refractivity contribution in [3.05, 3.63) is 51.9 Å². The molecule has 0 saturated heterocycles. The minimum atomic E-state index is 0.768. The number of hydrogen-bond acceptors (Lipinski definition) is 3. The van der Waals surface area contributed by atoms with Crippen LogP contribution in [0.5, 0.6) is 0 Å². The summed E-state index contributed by atoms with van der Waals surface area (Å²) in [5, 5.41) is 11.3. The first-order valence-corrected chi connectivity index (χ1v) is 8.08. The van der Waals surface area contributed by atoms with Gasteiger partial charge in [0.25, 0.3) is 0 Å². The fourth-order valence-electron chi connectivity index (χ4n) is 2.40. The minimum Gasteiger partial charge on any atom is -0.361 e. The maximum absolute atomic E-state index is 5.99. The van der Waals surface area contributed by atoms with Crippen LogP contribution in [0.3, 0.4) is 0 Å². The Morgan fingerprint density at radius 1 is 1.22 bits per heavy atom. The topological polar surface area (TPSA) is 62.5 Å². The van der Waals surface area contributed by atoms with Gasteiger partial charge in [-0.2, -0.15) is 0 Å².